The van der Waals surface area contributed by atoms with Gasteiger partial charge in [-0.15, -0.1) is 22.7 Å². The molecule has 1 atom stereocenters. The second-order valence-electron chi connectivity index (χ2n) is 3.08. The van der Waals surface area contributed by atoms with Gasteiger partial charge in [0, 0.05) is 17.0 Å². The van der Waals surface area contributed by atoms with Crippen LogP contribution in [0.1, 0.15) is 28.5 Å². The first-order chi connectivity index (χ1) is 7.66. The lowest BCUT2D eigenvalue weighted by Crippen LogP contribution is -2.06. The fourth-order valence-corrected chi connectivity index (χ4v) is 2.54. The lowest BCUT2D eigenvalue weighted by molar-refractivity contribution is 0.0691. The van der Waals surface area contributed by atoms with Gasteiger partial charge in [-0.25, -0.2) is 14.8 Å². The van der Waals surface area contributed by atoms with Crippen LogP contribution in [0.3, 0.4) is 0 Å². The van der Waals surface area contributed by atoms with Crippen molar-refractivity contribution in [2.45, 2.75) is 13.0 Å². The van der Waals surface area contributed by atoms with Crippen molar-refractivity contribution in [3.63, 3.8) is 0 Å². The summed E-state index contributed by atoms with van der Waals surface area (Å²) in [4.78, 5) is 18.8. The number of hydrogen-bond donors (Lipinski definition) is 2. The summed E-state index contributed by atoms with van der Waals surface area (Å²) in [6.45, 7) is 1.92. The average Bonchev–Trinajstić information content (AvgIpc) is 2.86. The van der Waals surface area contributed by atoms with Crippen LogP contribution in [0.15, 0.2) is 17.0 Å². The first kappa shape index (κ1) is 11.0. The molecule has 0 fully saturated rings. The van der Waals surface area contributed by atoms with Gasteiger partial charge in [0.2, 0.25) is 0 Å². The van der Waals surface area contributed by atoms with Gasteiger partial charge in [-0.1, -0.05) is 0 Å². The molecule has 2 N–H and O–H groups in total. The first-order valence-electron chi connectivity index (χ1n) is 4.51. The summed E-state index contributed by atoms with van der Waals surface area (Å²) < 4.78 is 0. The highest BCUT2D eigenvalue weighted by atomic mass is 32.1. The Labute approximate surface area is 99.8 Å². The minimum Gasteiger partial charge on any atom is -0.476 e. The Morgan fingerprint density at radius 3 is 2.94 bits per heavy atom. The van der Waals surface area contributed by atoms with Gasteiger partial charge >= 0.3 is 5.97 Å². The molecule has 0 amide bonds. The van der Waals surface area contributed by atoms with Crippen LogP contribution in [0.5, 0.6) is 0 Å². The number of anilines is 1. The number of nitrogens with one attached hydrogen (secondary N) is 1. The third kappa shape index (κ3) is 2.37. The van der Waals surface area contributed by atoms with Gasteiger partial charge in [-0.2, -0.15) is 0 Å². The van der Waals surface area contributed by atoms with Crippen LogP contribution in [-0.2, 0) is 0 Å². The van der Waals surface area contributed by atoms with E-state index in [1.165, 1.54) is 28.1 Å². The number of hydrogen-bond acceptors (Lipinski definition) is 6. The summed E-state index contributed by atoms with van der Waals surface area (Å²) >= 11 is 2.83. The normalized spacial score (nSPS) is 12.3. The predicted molar refractivity (Wildman–Crippen MR) is 63.2 cm³/mol. The highest BCUT2D eigenvalue weighted by molar-refractivity contribution is 7.13. The van der Waals surface area contributed by atoms with E-state index in [9.17, 15) is 4.79 Å². The number of thiazole rings is 2. The molecule has 16 heavy (non-hydrogen) atoms. The Morgan fingerprint density at radius 1 is 1.56 bits per heavy atom. The zero-order valence-electron chi connectivity index (χ0n) is 8.38. The standard InChI is InChI=1S/C9H9N3O2S2/c1-5(11-9-10-2-3-15-9)7-12-6(4-16-7)8(13)14/h2-5H,1H3,(H,10,11)(H,13,14). The maximum Gasteiger partial charge on any atom is 0.355 e. The molecule has 2 heterocycles. The van der Waals surface area contributed by atoms with E-state index >= 15 is 0 Å². The van der Waals surface area contributed by atoms with Crippen molar-refractivity contribution < 1.29 is 9.90 Å². The highest BCUT2D eigenvalue weighted by Gasteiger charge is 2.14. The number of carbonyl (C=O) groups is 1. The lowest BCUT2D eigenvalue weighted by atomic mass is 10.3. The maximum absolute atomic E-state index is 10.7. The molecule has 0 saturated carbocycles. The molecule has 0 aliphatic carbocycles. The second-order valence-corrected chi connectivity index (χ2v) is 4.86. The van der Waals surface area contributed by atoms with E-state index in [4.69, 9.17) is 5.11 Å². The third-order valence-corrected chi connectivity index (χ3v) is 3.62. The van der Waals surface area contributed by atoms with Gasteiger partial charge in [0.1, 0.15) is 5.01 Å². The Kier molecular flexibility index (Phi) is 3.16. The Hall–Kier alpha value is -1.47. The van der Waals surface area contributed by atoms with Gasteiger partial charge in [0.15, 0.2) is 10.8 Å². The summed E-state index contributed by atoms with van der Waals surface area (Å²) in [5.41, 5.74) is 0.0905. The number of aromatic carboxylic acids is 1. The van der Waals surface area contributed by atoms with E-state index in [2.05, 4.69) is 15.3 Å². The Bertz CT molecular complexity index is 481. The van der Waals surface area contributed by atoms with E-state index in [-0.39, 0.29) is 11.7 Å². The molecule has 0 aliphatic rings. The molecule has 0 aromatic carbocycles. The van der Waals surface area contributed by atoms with E-state index in [1.54, 1.807) is 6.20 Å². The molecular weight excluding hydrogens is 246 g/mol. The summed E-state index contributed by atoms with van der Waals surface area (Å²) in [5.74, 6) is -0.996. The zero-order chi connectivity index (χ0) is 11.5. The minimum atomic E-state index is -0.996. The largest absolute Gasteiger partial charge is 0.476 e. The number of carboxylic acids is 1. The Morgan fingerprint density at radius 2 is 2.38 bits per heavy atom. The smallest absolute Gasteiger partial charge is 0.355 e. The van der Waals surface area contributed by atoms with Crippen LogP contribution in [-0.4, -0.2) is 21.0 Å². The molecular formula is C9H9N3O2S2. The molecule has 0 aliphatic heterocycles. The van der Waals surface area contributed by atoms with E-state index < -0.39 is 5.97 Å². The maximum atomic E-state index is 10.7. The van der Waals surface area contributed by atoms with Crippen LogP contribution >= 0.6 is 22.7 Å². The molecule has 0 saturated heterocycles. The van der Waals surface area contributed by atoms with Gasteiger partial charge in [0.25, 0.3) is 0 Å². The van der Waals surface area contributed by atoms with Crippen LogP contribution in [0, 0.1) is 0 Å². The van der Waals surface area contributed by atoms with Crippen molar-refractivity contribution in [1.82, 2.24) is 9.97 Å². The minimum absolute atomic E-state index is 0.0377. The molecule has 5 nitrogen and oxygen atoms in total. The fraction of sp³-hybridized carbons (Fsp3) is 0.222. The van der Waals surface area contributed by atoms with Crippen molar-refractivity contribution in [3.8, 4) is 0 Å². The lowest BCUT2D eigenvalue weighted by Gasteiger charge is -2.08. The molecule has 0 radical (unpaired) electrons. The molecule has 2 rings (SSSR count). The van der Waals surface area contributed by atoms with Gasteiger partial charge in [-0.05, 0) is 6.92 Å². The number of nitrogens with zero attached hydrogens (tertiary/aromatic N) is 2. The molecule has 0 spiro atoms. The predicted octanol–water partition coefficient (Wildman–Crippen LogP) is 2.47. The molecule has 0 bridgehead atoms. The average molecular weight is 255 g/mol. The molecule has 1 unspecified atom stereocenters. The molecule has 2 aromatic heterocycles. The van der Waals surface area contributed by atoms with Gasteiger partial charge in [0.05, 0.1) is 6.04 Å². The van der Waals surface area contributed by atoms with Crippen molar-refractivity contribution in [3.05, 3.63) is 27.7 Å². The topological polar surface area (TPSA) is 75.1 Å². The van der Waals surface area contributed by atoms with Crippen LogP contribution < -0.4 is 5.32 Å². The van der Waals surface area contributed by atoms with E-state index in [0.29, 0.717) is 0 Å². The van der Waals surface area contributed by atoms with E-state index in [0.717, 1.165) is 10.1 Å². The SMILES string of the molecule is CC(Nc1nccs1)c1nc(C(=O)O)cs1. The second kappa shape index (κ2) is 4.58. The van der Waals surface area contributed by atoms with Gasteiger partial charge in [-0.3, -0.25) is 0 Å². The quantitative estimate of drug-likeness (QED) is 0.877. The van der Waals surface area contributed by atoms with Crippen LogP contribution in [0.4, 0.5) is 5.13 Å². The monoisotopic (exact) mass is 255 g/mol. The Balaban J connectivity index is 2.08. The highest BCUT2D eigenvalue weighted by Crippen LogP contribution is 2.23. The summed E-state index contributed by atoms with van der Waals surface area (Å²) in [7, 11) is 0. The summed E-state index contributed by atoms with van der Waals surface area (Å²) in [6.07, 6.45) is 1.71. The van der Waals surface area contributed by atoms with Crippen LogP contribution in [0.2, 0.25) is 0 Å². The number of rotatable bonds is 4. The molecule has 2 aromatic rings. The van der Waals surface area contributed by atoms with Crippen LogP contribution in [0.25, 0.3) is 0 Å². The van der Waals surface area contributed by atoms with Gasteiger partial charge < -0.3 is 10.4 Å². The number of aromatic nitrogens is 2. The number of carboxylic acid groups (broad SMARTS) is 1. The van der Waals surface area contributed by atoms with Crippen molar-refractivity contribution in [2.75, 3.05) is 5.32 Å². The summed E-state index contributed by atoms with van der Waals surface area (Å²) in [5, 5.41) is 16.9. The van der Waals surface area contributed by atoms with Crippen molar-refractivity contribution >= 4 is 33.8 Å². The van der Waals surface area contributed by atoms with E-state index in [1.807, 2.05) is 12.3 Å². The first-order valence-corrected chi connectivity index (χ1v) is 6.27. The fourth-order valence-electron chi connectivity index (χ4n) is 1.13. The summed E-state index contributed by atoms with van der Waals surface area (Å²) in [6, 6.07) is -0.0377. The van der Waals surface area contributed by atoms with Crippen molar-refractivity contribution in [2.24, 2.45) is 0 Å². The molecule has 84 valence electrons. The molecule has 7 heteroatoms. The zero-order valence-corrected chi connectivity index (χ0v) is 10.0. The third-order valence-electron chi connectivity index (χ3n) is 1.88. The van der Waals surface area contributed by atoms with Crippen molar-refractivity contribution in [1.29, 1.82) is 0 Å².